The predicted molar refractivity (Wildman–Crippen MR) is 51.7 cm³/mol. The largest absolute Gasteiger partial charge is 0.324 e. The minimum atomic E-state index is -3.40. The Hall–Kier alpha value is -1.43. The van der Waals surface area contributed by atoms with Gasteiger partial charge in [-0.15, -0.1) is 0 Å². The SMILES string of the molecule is CC(=O)Nc1cccnc1S(C)(=O)=O. The van der Waals surface area contributed by atoms with Gasteiger partial charge < -0.3 is 5.32 Å². The first-order chi connectivity index (χ1) is 6.41. The maximum atomic E-state index is 11.2. The predicted octanol–water partition coefficient (Wildman–Crippen LogP) is 0.443. The maximum absolute atomic E-state index is 11.2. The highest BCUT2D eigenvalue weighted by molar-refractivity contribution is 7.90. The Labute approximate surface area is 82.1 Å². The van der Waals surface area contributed by atoms with Crippen LogP contribution in [-0.4, -0.2) is 25.6 Å². The molecule has 76 valence electrons. The summed E-state index contributed by atoms with van der Waals surface area (Å²) >= 11 is 0. The third kappa shape index (κ3) is 2.53. The third-order valence-corrected chi connectivity index (χ3v) is 2.46. The fourth-order valence-corrected chi connectivity index (χ4v) is 1.74. The van der Waals surface area contributed by atoms with Crippen molar-refractivity contribution in [1.82, 2.24) is 4.98 Å². The summed E-state index contributed by atoms with van der Waals surface area (Å²) in [5.74, 6) is -0.331. The molecule has 0 fully saturated rings. The molecule has 0 unspecified atom stereocenters. The first-order valence-electron chi connectivity index (χ1n) is 3.84. The van der Waals surface area contributed by atoms with Crippen molar-refractivity contribution in [2.75, 3.05) is 11.6 Å². The van der Waals surface area contributed by atoms with E-state index < -0.39 is 9.84 Å². The maximum Gasteiger partial charge on any atom is 0.221 e. The Kier molecular flexibility index (Phi) is 2.85. The summed E-state index contributed by atoms with van der Waals surface area (Å²) < 4.78 is 22.4. The minimum Gasteiger partial charge on any atom is -0.324 e. The quantitative estimate of drug-likeness (QED) is 0.775. The van der Waals surface area contributed by atoms with Crippen LogP contribution in [0.3, 0.4) is 0 Å². The van der Waals surface area contributed by atoms with Gasteiger partial charge in [-0.3, -0.25) is 4.79 Å². The molecule has 0 saturated heterocycles. The van der Waals surface area contributed by atoms with E-state index in [-0.39, 0.29) is 16.6 Å². The van der Waals surface area contributed by atoms with E-state index in [2.05, 4.69) is 10.3 Å². The van der Waals surface area contributed by atoms with Gasteiger partial charge in [0.25, 0.3) is 0 Å². The summed E-state index contributed by atoms with van der Waals surface area (Å²) in [7, 11) is -3.40. The molecule has 0 aliphatic carbocycles. The number of nitrogens with zero attached hydrogens (tertiary/aromatic N) is 1. The summed E-state index contributed by atoms with van der Waals surface area (Å²) in [6, 6.07) is 3.05. The highest BCUT2D eigenvalue weighted by Crippen LogP contribution is 2.17. The molecule has 0 saturated carbocycles. The van der Waals surface area contributed by atoms with Crippen molar-refractivity contribution in [2.24, 2.45) is 0 Å². The van der Waals surface area contributed by atoms with E-state index in [0.717, 1.165) is 6.26 Å². The molecule has 5 nitrogen and oxygen atoms in total. The van der Waals surface area contributed by atoms with Crippen LogP contribution < -0.4 is 5.32 Å². The molecule has 6 heteroatoms. The zero-order chi connectivity index (χ0) is 10.8. The van der Waals surface area contributed by atoms with Crippen molar-refractivity contribution in [2.45, 2.75) is 11.9 Å². The van der Waals surface area contributed by atoms with E-state index in [4.69, 9.17) is 0 Å². The molecule has 0 atom stereocenters. The summed E-state index contributed by atoms with van der Waals surface area (Å²) in [6.07, 6.45) is 2.41. The van der Waals surface area contributed by atoms with Crippen LogP contribution in [0.2, 0.25) is 0 Å². The Morgan fingerprint density at radius 2 is 2.14 bits per heavy atom. The van der Waals surface area contributed by atoms with Gasteiger partial charge in [0.2, 0.25) is 5.91 Å². The normalized spacial score (nSPS) is 11.0. The lowest BCUT2D eigenvalue weighted by molar-refractivity contribution is -0.114. The van der Waals surface area contributed by atoms with Gasteiger partial charge in [0.05, 0.1) is 5.69 Å². The number of hydrogen-bond acceptors (Lipinski definition) is 4. The van der Waals surface area contributed by atoms with Crippen LogP contribution in [0.25, 0.3) is 0 Å². The molecule has 0 spiro atoms. The third-order valence-electron chi connectivity index (χ3n) is 1.43. The lowest BCUT2D eigenvalue weighted by Crippen LogP contribution is -2.11. The number of nitrogens with one attached hydrogen (secondary N) is 1. The van der Waals surface area contributed by atoms with Gasteiger partial charge in [-0.25, -0.2) is 13.4 Å². The number of aromatic nitrogens is 1. The highest BCUT2D eigenvalue weighted by Gasteiger charge is 2.14. The van der Waals surface area contributed by atoms with Crippen LogP contribution >= 0.6 is 0 Å². The first kappa shape index (κ1) is 10.6. The molecule has 0 aromatic carbocycles. The Morgan fingerprint density at radius 1 is 1.50 bits per heavy atom. The number of anilines is 1. The average molecular weight is 214 g/mol. The van der Waals surface area contributed by atoms with Crippen LogP contribution in [0.4, 0.5) is 5.69 Å². The van der Waals surface area contributed by atoms with E-state index in [0.29, 0.717) is 0 Å². The van der Waals surface area contributed by atoms with Gasteiger partial charge in [-0.2, -0.15) is 0 Å². The monoisotopic (exact) mass is 214 g/mol. The van der Waals surface area contributed by atoms with Crippen molar-refractivity contribution in [3.8, 4) is 0 Å². The van der Waals surface area contributed by atoms with Crippen LogP contribution in [0.15, 0.2) is 23.4 Å². The van der Waals surface area contributed by atoms with Gasteiger partial charge in [0, 0.05) is 19.4 Å². The zero-order valence-corrected chi connectivity index (χ0v) is 8.63. The summed E-state index contributed by atoms with van der Waals surface area (Å²) in [6.45, 7) is 1.30. The molecular weight excluding hydrogens is 204 g/mol. The Morgan fingerprint density at radius 3 is 2.64 bits per heavy atom. The lowest BCUT2D eigenvalue weighted by atomic mass is 10.4. The number of amides is 1. The standard InChI is InChI=1S/C8H10N2O3S/c1-6(11)10-7-4-3-5-9-8(7)14(2,12)13/h3-5H,1-2H3,(H,10,11). The van der Waals surface area contributed by atoms with Gasteiger partial charge in [-0.1, -0.05) is 0 Å². The van der Waals surface area contributed by atoms with Gasteiger partial charge in [0.1, 0.15) is 0 Å². The first-order valence-corrected chi connectivity index (χ1v) is 5.73. The number of carbonyl (C=O) groups excluding carboxylic acids is 1. The lowest BCUT2D eigenvalue weighted by Gasteiger charge is -2.05. The fourth-order valence-electron chi connectivity index (χ4n) is 0.971. The molecule has 1 aromatic rings. The van der Waals surface area contributed by atoms with E-state index in [1.807, 2.05) is 0 Å². The molecule has 0 radical (unpaired) electrons. The van der Waals surface area contributed by atoms with E-state index in [9.17, 15) is 13.2 Å². The second-order valence-electron chi connectivity index (χ2n) is 2.81. The number of sulfone groups is 1. The molecule has 1 aromatic heterocycles. The van der Waals surface area contributed by atoms with Crippen LogP contribution in [0, 0.1) is 0 Å². The molecule has 1 N–H and O–H groups in total. The molecule has 14 heavy (non-hydrogen) atoms. The van der Waals surface area contributed by atoms with Gasteiger partial charge in [-0.05, 0) is 12.1 Å². The second-order valence-corrected chi connectivity index (χ2v) is 4.74. The van der Waals surface area contributed by atoms with Crippen molar-refractivity contribution < 1.29 is 13.2 Å². The number of hydrogen-bond donors (Lipinski definition) is 1. The van der Waals surface area contributed by atoms with Gasteiger partial charge in [0.15, 0.2) is 14.9 Å². The molecule has 1 heterocycles. The van der Waals surface area contributed by atoms with Crippen molar-refractivity contribution in [3.63, 3.8) is 0 Å². The van der Waals surface area contributed by atoms with Crippen LogP contribution in [0.5, 0.6) is 0 Å². The number of rotatable bonds is 2. The van der Waals surface area contributed by atoms with E-state index in [1.54, 1.807) is 6.07 Å². The van der Waals surface area contributed by atoms with Crippen molar-refractivity contribution in [1.29, 1.82) is 0 Å². The summed E-state index contributed by atoms with van der Waals surface area (Å²) in [5.41, 5.74) is 0.211. The minimum absolute atomic E-state index is 0.116. The molecule has 1 amide bonds. The topological polar surface area (TPSA) is 76.1 Å². The second kappa shape index (κ2) is 3.75. The molecule has 0 aliphatic rings. The molecular formula is C8H10N2O3S. The number of pyridine rings is 1. The Balaban J connectivity index is 3.23. The van der Waals surface area contributed by atoms with Crippen LogP contribution in [0.1, 0.15) is 6.92 Å². The summed E-state index contributed by atoms with van der Waals surface area (Å²) in [5, 5.41) is 2.28. The Bertz CT molecular complexity index is 453. The van der Waals surface area contributed by atoms with Crippen molar-refractivity contribution in [3.05, 3.63) is 18.3 Å². The molecule has 0 bridgehead atoms. The fraction of sp³-hybridized carbons (Fsp3) is 0.250. The average Bonchev–Trinajstić information content (AvgIpc) is 2.01. The van der Waals surface area contributed by atoms with Crippen molar-refractivity contribution >= 4 is 21.4 Å². The van der Waals surface area contributed by atoms with Gasteiger partial charge >= 0.3 is 0 Å². The zero-order valence-electron chi connectivity index (χ0n) is 7.81. The van der Waals surface area contributed by atoms with E-state index in [1.165, 1.54) is 19.2 Å². The number of carbonyl (C=O) groups is 1. The van der Waals surface area contributed by atoms with Crippen LogP contribution in [-0.2, 0) is 14.6 Å². The highest BCUT2D eigenvalue weighted by atomic mass is 32.2. The summed E-state index contributed by atoms with van der Waals surface area (Å²) in [4.78, 5) is 14.5. The molecule has 0 aliphatic heterocycles. The molecule has 1 rings (SSSR count). The smallest absolute Gasteiger partial charge is 0.221 e. The van der Waals surface area contributed by atoms with E-state index >= 15 is 0 Å².